The Labute approximate surface area is 129 Å². The highest BCUT2D eigenvalue weighted by molar-refractivity contribution is 9.10. The lowest BCUT2D eigenvalue weighted by Gasteiger charge is -2.08. The van der Waals surface area contributed by atoms with Crippen LogP contribution >= 0.6 is 15.9 Å². The number of anilines is 3. The van der Waals surface area contributed by atoms with Gasteiger partial charge in [0.1, 0.15) is 0 Å². The van der Waals surface area contributed by atoms with Gasteiger partial charge in [0.25, 0.3) is 5.95 Å². The summed E-state index contributed by atoms with van der Waals surface area (Å²) in [5.41, 5.74) is 0.879. The van der Waals surface area contributed by atoms with E-state index in [1.165, 1.54) is 0 Å². The zero-order chi connectivity index (χ0) is 14.7. The topological polar surface area (TPSA) is 80.5 Å². The fourth-order valence-corrected chi connectivity index (χ4v) is 2.12. The van der Waals surface area contributed by atoms with Gasteiger partial charge in [0.2, 0.25) is 11.9 Å². The summed E-state index contributed by atoms with van der Waals surface area (Å²) in [4.78, 5) is 12.9. The van der Waals surface area contributed by atoms with Gasteiger partial charge in [-0.25, -0.2) is 4.68 Å². The van der Waals surface area contributed by atoms with Crippen molar-refractivity contribution in [1.82, 2.24) is 24.7 Å². The van der Waals surface area contributed by atoms with Crippen molar-refractivity contribution in [2.75, 3.05) is 17.7 Å². The number of benzene rings is 1. The molecule has 0 saturated carbocycles. The Kier molecular flexibility index (Phi) is 3.78. The molecule has 0 atom stereocenters. The highest BCUT2D eigenvalue weighted by Crippen LogP contribution is 2.19. The Morgan fingerprint density at radius 3 is 2.67 bits per heavy atom. The number of halogens is 1. The van der Waals surface area contributed by atoms with Gasteiger partial charge in [-0.05, 0) is 24.3 Å². The number of nitrogens with one attached hydrogen (secondary N) is 2. The van der Waals surface area contributed by atoms with Crippen molar-refractivity contribution in [3.05, 3.63) is 47.2 Å². The smallest absolute Gasteiger partial charge is 0.257 e. The van der Waals surface area contributed by atoms with Crippen molar-refractivity contribution < 1.29 is 0 Å². The molecule has 7 nitrogen and oxygen atoms in total. The largest absolute Gasteiger partial charge is 0.357 e. The number of nitrogens with zero attached hydrogens (tertiary/aromatic N) is 5. The van der Waals surface area contributed by atoms with E-state index in [4.69, 9.17) is 0 Å². The van der Waals surface area contributed by atoms with Gasteiger partial charge in [-0.3, -0.25) is 0 Å². The average Bonchev–Trinajstić information content (AvgIpc) is 3.01. The summed E-state index contributed by atoms with van der Waals surface area (Å²) in [6, 6.07) is 9.57. The van der Waals surface area contributed by atoms with E-state index in [1.54, 1.807) is 24.1 Å². The van der Waals surface area contributed by atoms with Crippen molar-refractivity contribution in [2.24, 2.45) is 0 Å². The first-order chi connectivity index (χ1) is 10.2. The lowest BCUT2D eigenvalue weighted by atomic mass is 10.3. The fourth-order valence-electron chi connectivity index (χ4n) is 1.72. The number of hydrogen-bond acceptors (Lipinski definition) is 6. The quantitative estimate of drug-likeness (QED) is 0.756. The van der Waals surface area contributed by atoms with E-state index in [2.05, 4.69) is 46.6 Å². The number of hydrogen-bond donors (Lipinski definition) is 2. The van der Waals surface area contributed by atoms with Crippen LogP contribution in [0.15, 0.2) is 47.2 Å². The first-order valence-electron chi connectivity index (χ1n) is 6.21. The fraction of sp³-hybridized carbons (Fsp3) is 0.0769. The Morgan fingerprint density at radius 1 is 1.10 bits per heavy atom. The summed E-state index contributed by atoms with van der Waals surface area (Å²) in [7, 11) is 1.76. The molecule has 0 fully saturated rings. The van der Waals surface area contributed by atoms with Crippen LogP contribution in [-0.2, 0) is 0 Å². The zero-order valence-corrected chi connectivity index (χ0v) is 12.7. The number of rotatable bonds is 4. The normalized spacial score (nSPS) is 10.4. The van der Waals surface area contributed by atoms with Gasteiger partial charge >= 0.3 is 0 Å². The maximum absolute atomic E-state index is 4.36. The van der Waals surface area contributed by atoms with E-state index in [-0.39, 0.29) is 0 Å². The molecule has 0 spiro atoms. The van der Waals surface area contributed by atoms with Crippen LogP contribution in [0.25, 0.3) is 5.95 Å². The predicted molar refractivity (Wildman–Crippen MR) is 83.9 cm³/mol. The standard InChI is InChI=1S/C13H12BrN7/c1-15-11-18-12(17-10-5-2-4-9(14)8-10)20-13(19-11)21-7-3-6-16-21/h2-8H,1H3,(H2,15,17,18,19,20). The molecule has 106 valence electrons. The molecular formula is C13H12BrN7. The molecule has 3 aromatic rings. The van der Waals surface area contributed by atoms with Crippen LogP contribution in [0.3, 0.4) is 0 Å². The summed E-state index contributed by atoms with van der Waals surface area (Å²) in [5.74, 6) is 1.35. The molecule has 0 aliphatic rings. The molecule has 3 rings (SSSR count). The Morgan fingerprint density at radius 2 is 1.95 bits per heavy atom. The SMILES string of the molecule is CNc1nc(Nc2cccc(Br)c2)nc(-n2cccn2)n1. The molecule has 0 bridgehead atoms. The molecule has 0 amide bonds. The zero-order valence-electron chi connectivity index (χ0n) is 11.2. The molecule has 0 saturated heterocycles. The van der Waals surface area contributed by atoms with Crippen LogP contribution in [0.1, 0.15) is 0 Å². The summed E-state index contributed by atoms with van der Waals surface area (Å²) in [6.07, 6.45) is 3.45. The van der Waals surface area contributed by atoms with Gasteiger partial charge in [-0.2, -0.15) is 20.1 Å². The molecular weight excluding hydrogens is 334 g/mol. The Bertz CT molecular complexity index is 742. The number of aromatic nitrogens is 5. The Balaban J connectivity index is 1.96. The second-order valence-electron chi connectivity index (χ2n) is 4.12. The third kappa shape index (κ3) is 3.16. The second-order valence-corrected chi connectivity index (χ2v) is 5.03. The third-order valence-electron chi connectivity index (χ3n) is 2.64. The summed E-state index contributed by atoms with van der Waals surface area (Å²) in [5, 5.41) is 10.2. The molecule has 0 aliphatic heterocycles. The average molecular weight is 346 g/mol. The van der Waals surface area contributed by atoms with Gasteiger partial charge in [0.05, 0.1) is 0 Å². The lowest BCUT2D eigenvalue weighted by molar-refractivity contribution is 0.800. The van der Waals surface area contributed by atoms with Crippen molar-refractivity contribution >= 4 is 33.5 Å². The van der Waals surface area contributed by atoms with Crippen LogP contribution < -0.4 is 10.6 Å². The second kappa shape index (κ2) is 5.88. The molecule has 21 heavy (non-hydrogen) atoms. The molecule has 2 N–H and O–H groups in total. The van der Waals surface area contributed by atoms with E-state index >= 15 is 0 Å². The lowest BCUT2D eigenvalue weighted by Crippen LogP contribution is -2.09. The van der Waals surface area contributed by atoms with Gasteiger partial charge in [-0.15, -0.1) is 0 Å². The first kappa shape index (κ1) is 13.5. The minimum atomic E-state index is 0.442. The van der Waals surface area contributed by atoms with Gasteiger partial charge in [0, 0.05) is 29.6 Å². The molecule has 1 aromatic carbocycles. The minimum absolute atomic E-state index is 0.442. The monoisotopic (exact) mass is 345 g/mol. The van der Waals surface area contributed by atoms with E-state index in [0.717, 1.165) is 10.2 Å². The third-order valence-corrected chi connectivity index (χ3v) is 3.13. The van der Waals surface area contributed by atoms with Crippen LogP contribution in [0.4, 0.5) is 17.6 Å². The van der Waals surface area contributed by atoms with Gasteiger partial charge in [-0.1, -0.05) is 22.0 Å². The van der Waals surface area contributed by atoms with Crippen LogP contribution in [-0.4, -0.2) is 31.8 Å². The molecule has 0 aliphatic carbocycles. The summed E-state index contributed by atoms with van der Waals surface area (Å²) >= 11 is 3.43. The minimum Gasteiger partial charge on any atom is -0.357 e. The van der Waals surface area contributed by atoms with E-state index in [0.29, 0.717) is 17.8 Å². The van der Waals surface area contributed by atoms with Crippen LogP contribution in [0.5, 0.6) is 0 Å². The Hall–Kier alpha value is -2.48. The van der Waals surface area contributed by atoms with Crippen LogP contribution in [0, 0.1) is 0 Å². The van der Waals surface area contributed by atoms with Crippen molar-refractivity contribution in [1.29, 1.82) is 0 Å². The first-order valence-corrected chi connectivity index (χ1v) is 7.00. The predicted octanol–water partition coefficient (Wildman–Crippen LogP) is 2.61. The van der Waals surface area contributed by atoms with Gasteiger partial charge < -0.3 is 10.6 Å². The maximum atomic E-state index is 4.36. The summed E-state index contributed by atoms with van der Waals surface area (Å²) < 4.78 is 2.55. The van der Waals surface area contributed by atoms with E-state index < -0.39 is 0 Å². The summed E-state index contributed by atoms with van der Waals surface area (Å²) in [6.45, 7) is 0. The molecule has 8 heteroatoms. The van der Waals surface area contributed by atoms with Crippen molar-refractivity contribution in [2.45, 2.75) is 0 Å². The van der Waals surface area contributed by atoms with Gasteiger partial charge in [0.15, 0.2) is 0 Å². The van der Waals surface area contributed by atoms with Crippen molar-refractivity contribution in [3.63, 3.8) is 0 Å². The molecule has 0 radical (unpaired) electrons. The van der Waals surface area contributed by atoms with Crippen molar-refractivity contribution in [3.8, 4) is 5.95 Å². The maximum Gasteiger partial charge on any atom is 0.257 e. The van der Waals surface area contributed by atoms with E-state index in [1.807, 2.05) is 30.3 Å². The van der Waals surface area contributed by atoms with E-state index in [9.17, 15) is 0 Å². The highest BCUT2D eigenvalue weighted by atomic mass is 79.9. The highest BCUT2D eigenvalue weighted by Gasteiger charge is 2.08. The molecule has 2 heterocycles. The molecule has 0 unspecified atom stereocenters. The molecule has 2 aromatic heterocycles. The van der Waals surface area contributed by atoms with Crippen LogP contribution in [0.2, 0.25) is 0 Å².